The van der Waals surface area contributed by atoms with E-state index in [4.69, 9.17) is 23.2 Å². The van der Waals surface area contributed by atoms with Crippen LogP contribution in [0.1, 0.15) is 12.5 Å². The monoisotopic (exact) mass is 362 g/mol. The van der Waals surface area contributed by atoms with E-state index in [-0.39, 0.29) is 0 Å². The molecule has 0 saturated carbocycles. The van der Waals surface area contributed by atoms with Crippen LogP contribution in [0.5, 0.6) is 0 Å². The Balaban J connectivity index is 1.86. The third kappa shape index (κ3) is 3.57. The van der Waals surface area contributed by atoms with Crippen molar-refractivity contribution >= 4 is 35.0 Å². The number of hydrogen-bond acceptors (Lipinski definition) is 2. The molecule has 0 N–H and O–H groups in total. The van der Waals surface area contributed by atoms with E-state index in [0.717, 1.165) is 23.0 Å². The van der Waals surface area contributed by atoms with Crippen molar-refractivity contribution in [3.05, 3.63) is 70.3 Å². The predicted molar refractivity (Wildman–Crippen MR) is 99.4 cm³/mol. The fraction of sp³-hybridized carbons (Fsp3) is 0.167. The Morgan fingerprint density at radius 1 is 1.00 bits per heavy atom. The summed E-state index contributed by atoms with van der Waals surface area (Å²) < 4.78 is 2.21. The van der Waals surface area contributed by atoms with Gasteiger partial charge in [-0.3, -0.25) is 0 Å². The molecule has 2 nitrogen and oxygen atoms in total. The molecule has 3 aromatic rings. The SMILES string of the molecule is CCn1c(-c2ccccc2)cnc1SCc1c(Cl)cccc1Cl. The number of hydrogen-bond donors (Lipinski definition) is 0. The summed E-state index contributed by atoms with van der Waals surface area (Å²) in [6.07, 6.45) is 1.93. The van der Waals surface area contributed by atoms with Crippen molar-refractivity contribution in [3.63, 3.8) is 0 Å². The molecule has 0 bridgehead atoms. The van der Waals surface area contributed by atoms with E-state index in [9.17, 15) is 0 Å². The summed E-state index contributed by atoms with van der Waals surface area (Å²) in [6, 6.07) is 15.9. The molecule has 0 aliphatic carbocycles. The van der Waals surface area contributed by atoms with Crippen LogP contribution in [0.2, 0.25) is 10.0 Å². The van der Waals surface area contributed by atoms with E-state index in [1.165, 1.54) is 5.56 Å². The molecule has 23 heavy (non-hydrogen) atoms. The molecule has 0 fully saturated rings. The van der Waals surface area contributed by atoms with Gasteiger partial charge in [-0.1, -0.05) is 71.4 Å². The minimum atomic E-state index is 0.697. The maximum absolute atomic E-state index is 6.25. The molecule has 0 aliphatic heterocycles. The van der Waals surface area contributed by atoms with E-state index < -0.39 is 0 Å². The van der Waals surface area contributed by atoms with Crippen LogP contribution in [0.25, 0.3) is 11.3 Å². The zero-order chi connectivity index (χ0) is 16.2. The second-order valence-corrected chi connectivity index (χ2v) is 6.78. The number of benzene rings is 2. The average molecular weight is 363 g/mol. The van der Waals surface area contributed by atoms with E-state index in [2.05, 4.69) is 28.6 Å². The van der Waals surface area contributed by atoms with E-state index >= 15 is 0 Å². The Morgan fingerprint density at radius 3 is 2.35 bits per heavy atom. The number of aromatic nitrogens is 2. The normalized spacial score (nSPS) is 10.9. The average Bonchev–Trinajstić information content (AvgIpc) is 2.98. The molecule has 5 heteroatoms. The molecule has 118 valence electrons. The molecule has 0 amide bonds. The van der Waals surface area contributed by atoms with Crippen LogP contribution in [0.3, 0.4) is 0 Å². The first-order valence-electron chi connectivity index (χ1n) is 7.37. The van der Waals surface area contributed by atoms with Crippen LogP contribution in [-0.2, 0) is 12.3 Å². The molecule has 3 rings (SSSR count). The highest BCUT2D eigenvalue weighted by Gasteiger charge is 2.13. The van der Waals surface area contributed by atoms with Gasteiger partial charge in [-0.15, -0.1) is 0 Å². The Kier molecular flexibility index (Phi) is 5.31. The molecular weight excluding hydrogens is 347 g/mol. The van der Waals surface area contributed by atoms with Crippen LogP contribution in [0.15, 0.2) is 59.9 Å². The number of imidazole rings is 1. The molecule has 0 saturated heterocycles. The third-order valence-electron chi connectivity index (χ3n) is 3.61. The number of thioether (sulfide) groups is 1. The number of nitrogens with zero attached hydrogens (tertiary/aromatic N) is 2. The molecule has 0 unspecified atom stereocenters. The van der Waals surface area contributed by atoms with E-state index in [0.29, 0.717) is 15.8 Å². The number of rotatable bonds is 5. The first kappa shape index (κ1) is 16.4. The lowest BCUT2D eigenvalue weighted by Gasteiger charge is -2.10. The van der Waals surface area contributed by atoms with Crippen molar-refractivity contribution in [1.29, 1.82) is 0 Å². The van der Waals surface area contributed by atoms with Gasteiger partial charge in [-0.2, -0.15) is 0 Å². The Bertz CT molecular complexity index is 780. The maximum atomic E-state index is 6.25. The quantitative estimate of drug-likeness (QED) is 0.505. The lowest BCUT2D eigenvalue weighted by atomic mass is 10.2. The molecule has 0 aliphatic rings. The van der Waals surface area contributed by atoms with E-state index in [1.807, 2.05) is 42.6 Å². The fourth-order valence-corrected chi connectivity index (χ4v) is 4.21. The summed E-state index contributed by atoms with van der Waals surface area (Å²) in [5, 5.41) is 2.37. The second kappa shape index (κ2) is 7.43. The van der Waals surface area contributed by atoms with Crippen LogP contribution in [0.4, 0.5) is 0 Å². The van der Waals surface area contributed by atoms with Gasteiger partial charge in [0.2, 0.25) is 0 Å². The standard InChI is InChI=1S/C18H16Cl2N2S/c1-2-22-17(13-7-4-3-5-8-13)11-21-18(22)23-12-14-15(19)9-6-10-16(14)20/h3-11H,2,12H2,1H3. The first-order chi connectivity index (χ1) is 11.2. The summed E-state index contributed by atoms with van der Waals surface area (Å²) in [5.41, 5.74) is 3.25. The van der Waals surface area contributed by atoms with Gasteiger partial charge in [-0.05, 0) is 30.2 Å². The van der Waals surface area contributed by atoms with Crippen LogP contribution >= 0.6 is 35.0 Å². The highest BCUT2D eigenvalue weighted by atomic mass is 35.5. The minimum absolute atomic E-state index is 0.697. The summed E-state index contributed by atoms with van der Waals surface area (Å²) in [6.45, 7) is 2.99. The first-order valence-corrected chi connectivity index (χ1v) is 9.11. The number of halogens is 2. The van der Waals surface area contributed by atoms with Gasteiger partial charge in [0.05, 0.1) is 11.9 Å². The van der Waals surface area contributed by atoms with Gasteiger partial charge < -0.3 is 4.57 Å². The zero-order valence-corrected chi connectivity index (χ0v) is 15.0. The molecular formula is C18H16Cl2N2S. The summed E-state index contributed by atoms with van der Waals surface area (Å²) in [5.74, 6) is 0.698. The smallest absolute Gasteiger partial charge is 0.168 e. The van der Waals surface area contributed by atoms with Crippen molar-refractivity contribution < 1.29 is 0 Å². The molecule has 0 atom stereocenters. The molecule has 2 aromatic carbocycles. The molecule has 1 heterocycles. The van der Waals surface area contributed by atoms with Gasteiger partial charge in [0, 0.05) is 22.3 Å². The van der Waals surface area contributed by atoms with Crippen LogP contribution < -0.4 is 0 Å². The second-order valence-electron chi connectivity index (χ2n) is 5.03. The molecule has 0 spiro atoms. The van der Waals surface area contributed by atoms with Gasteiger partial charge in [0.1, 0.15) is 0 Å². The summed E-state index contributed by atoms with van der Waals surface area (Å²) >= 11 is 14.1. The summed E-state index contributed by atoms with van der Waals surface area (Å²) in [7, 11) is 0. The van der Waals surface area contributed by atoms with Gasteiger partial charge in [-0.25, -0.2) is 4.98 Å². The lowest BCUT2D eigenvalue weighted by molar-refractivity contribution is 0.687. The van der Waals surface area contributed by atoms with Crippen molar-refractivity contribution in [2.45, 2.75) is 24.4 Å². The van der Waals surface area contributed by atoms with Gasteiger partial charge >= 0.3 is 0 Å². The Labute approximate surface area is 150 Å². The highest BCUT2D eigenvalue weighted by Crippen LogP contribution is 2.32. The minimum Gasteiger partial charge on any atom is -0.319 e. The largest absolute Gasteiger partial charge is 0.319 e. The topological polar surface area (TPSA) is 17.8 Å². The van der Waals surface area contributed by atoms with Crippen molar-refractivity contribution in [1.82, 2.24) is 9.55 Å². The molecule has 0 radical (unpaired) electrons. The lowest BCUT2D eigenvalue weighted by Crippen LogP contribution is -1.99. The Hall–Kier alpha value is -1.42. The van der Waals surface area contributed by atoms with Crippen molar-refractivity contribution in [2.24, 2.45) is 0 Å². The maximum Gasteiger partial charge on any atom is 0.168 e. The highest BCUT2D eigenvalue weighted by molar-refractivity contribution is 7.98. The van der Waals surface area contributed by atoms with Crippen LogP contribution in [0, 0.1) is 0 Å². The van der Waals surface area contributed by atoms with Crippen molar-refractivity contribution in [3.8, 4) is 11.3 Å². The zero-order valence-electron chi connectivity index (χ0n) is 12.7. The Morgan fingerprint density at radius 2 is 1.70 bits per heavy atom. The van der Waals surface area contributed by atoms with Crippen molar-refractivity contribution in [2.75, 3.05) is 0 Å². The summed E-state index contributed by atoms with van der Waals surface area (Å²) in [4.78, 5) is 4.58. The predicted octanol–water partition coefficient (Wildman–Crippen LogP) is 6.17. The van der Waals surface area contributed by atoms with Crippen LogP contribution in [-0.4, -0.2) is 9.55 Å². The fourth-order valence-electron chi connectivity index (χ4n) is 2.43. The third-order valence-corrected chi connectivity index (χ3v) is 5.34. The van der Waals surface area contributed by atoms with Gasteiger partial charge in [0.25, 0.3) is 0 Å². The van der Waals surface area contributed by atoms with Gasteiger partial charge in [0.15, 0.2) is 5.16 Å². The molecule has 1 aromatic heterocycles. The van der Waals surface area contributed by atoms with E-state index in [1.54, 1.807) is 11.8 Å².